The largest absolute Gasteiger partial charge is 0.493 e. The van der Waals surface area contributed by atoms with Crippen molar-refractivity contribution in [2.75, 3.05) is 31.8 Å². The van der Waals surface area contributed by atoms with Crippen molar-refractivity contribution in [1.29, 1.82) is 0 Å². The fraction of sp³-hybridized carbons (Fsp3) is 0.500. The second-order valence-corrected chi connectivity index (χ2v) is 7.98. The quantitative estimate of drug-likeness (QED) is 0.262. The van der Waals surface area contributed by atoms with Crippen LogP contribution in [0, 0.1) is 0 Å². The van der Waals surface area contributed by atoms with E-state index in [9.17, 15) is 21.6 Å². The number of aldehydes is 1. The Kier molecular flexibility index (Phi) is 11.0. The predicted molar refractivity (Wildman–Crippen MR) is 93.0 cm³/mol. The molecule has 1 aromatic rings. The zero-order valence-corrected chi connectivity index (χ0v) is 15.7. The Balaban J connectivity index is 0.00000301. The first kappa shape index (κ1) is 24.3. The van der Waals surface area contributed by atoms with Crippen LogP contribution < -0.4 is 9.47 Å². The zero-order valence-electron chi connectivity index (χ0n) is 14.1. The summed E-state index contributed by atoms with van der Waals surface area (Å²) in [5, 5.41) is 7.00. The number of rotatable bonds is 11. The van der Waals surface area contributed by atoms with Crippen molar-refractivity contribution in [2.24, 2.45) is 0 Å². The lowest BCUT2D eigenvalue weighted by Gasteiger charge is -2.10. The summed E-state index contributed by atoms with van der Waals surface area (Å²) in [5.74, 6) is -0.363. The summed E-state index contributed by atoms with van der Waals surface area (Å²) in [6.45, 7) is 0.00852. The molecule has 0 amide bonds. The molecule has 0 saturated carbocycles. The summed E-state index contributed by atoms with van der Waals surface area (Å²) in [5.41, 5.74) is 0.257. The van der Waals surface area contributed by atoms with Gasteiger partial charge < -0.3 is 14.6 Å². The Labute approximate surface area is 152 Å². The highest BCUT2D eigenvalue weighted by Gasteiger charge is 2.07. The summed E-state index contributed by atoms with van der Waals surface area (Å²) >= 11 is 0. The van der Waals surface area contributed by atoms with Crippen LogP contribution in [-0.2, 0) is 20.2 Å². The van der Waals surface area contributed by atoms with Gasteiger partial charge in [-0.05, 0) is 25.0 Å². The smallest absolute Gasteiger partial charge is 0.264 e. The Morgan fingerprint density at radius 3 is 1.54 bits per heavy atom. The summed E-state index contributed by atoms with van der Waals surface area (Å²) in [7, 11) is -7.11. The van der Waals surface area contributed by atoms with E-state index in [0.717, 1.165) is 7.11 Å². The number of benzene rings is 1. The minimum Gasteiger partial charge on any atom is -0.493 e. The lowest BCUT2D eigenvalue weighted by molar-refractivity contribution is 0.112. The van der Waals surface area contributed by atoms with Gasteiger partial charge in [0.15, 0.2) is 0 Å². The molecule has 0 spiro atoms. The van der Waals surface area contributed by atoms with E-state index in [4.69, 9.17) is 23.7 Å². The van der Waals surface area contributed by atoms with Crippen LogP contribution in [0.5, 0.6) is 11.5 Å². The van der Waals surface area contributed by atoms with Gasteiger partial charge in [-0.25, -0.2) is 0 Å². The van der Waals surface area contributed by atoms with Crippen LogP contribution in [0.2, 0.25) is 0 Å². The van der Waals surface area contributed by atoms with Crippen LogP contribution in [0.15, 0.2) is 18.2 Å². The van der Waals surface area contributed by atoms with E-state index < -0.39 is 31.7 Å². The zero-order chi connectivity index (χ0) is 20.2. The Hall–Kier alpha value is -1.73. The van der Waals surface area contributed by atoms with Gasteiger partial charge in [0.1, 0.15) is 17.8 Å². The third kappa shape index (κ3) is 12.6. The molecule has 0 aliphatic carbocycles. The SMILES string of the molecule is CO.O=Cc1cc(OCCCS(=O)(=O)O)cc(OCCCS(=O)(=O)O)c1. The molecule has 0 atom stereocenters. The molecule has 3 N–H and O–H groups in total. The average Bonchev–Trinajstić information content (AvgIpc) is 2.55. The van der Waals surface area contributed by atoms with E-state index in [1.54, 1.807) is 0 Å². The Morgan fingerprint density at radius 2 is 1.23 bits per heavy atom. The molecule has 1 rings (SSSR count). The molecule has 0 fully saturated rings. The maximum atomic E-state index is 10.9. The second-order valence-electron chi connectivity index (χ2n) is 4.83. The topological polar surface area (TPSA) is 164 Å². The molecule has 0 heterocycles. The van der Waals surface area contributed by atoms with Gasteiger partial charge in [0, 0.05) is 18.7 Å². The summed E-state index contributed by atoms with van der Waals surface area (Å²) in [6.07, 6.45) is 0.694. The van der Waals surface area contributed by atoms with Gasteiger partial charge >= 0.3 is 0 Å². The first-order valence-corrected chi connectivity index (χ1v) is 10.5. The van der Waals surface area contributed by atoms with E-state index in [1.807, 2.05) is 0 Å². The first-order chi connectivity index (χ1) is 12.1. The highest BCUT2D eigenvalue weighted by Crippen LogP contribution is 2.22. The predicted octanol–water partition coefficient (Wildman–Crippen LogP) is 0.421. The number of aliphatic hydroxyl groups is 1. The highest BCUT2D eigenvalue weighted by molar-refractivity contribution is 7.86. The van der Waals surface area contributed by atoms with E-state index >= 15 is 0 Å². The molecular formula is C14H22O10S2. The fourth-order valence-corrected chi connectivity index (χ4v) is 2.66. The molecular weight excluding hydrogens is 392 g/mol. The summed E-state index contributed by atoms with van der Waals surface area (Å²) in [4.78, 5) is 10.9. The number of carbonyl (C=O) groups excluding carboxylic acids is 1. The molecule has 0 bridgehead atoms. The Morgan fingerprint density at radius 1 is 0.846 bits per heavy atom. The minimum absolute atomic E-state index is 0.00426. The number of ether oxygens (including phenoxy) is 2. The molecule has 150 valence electrons. The van der Waals surface area contributed by atoms with Crippen molar-refractivity contribution in [3.63, 3.8) is 0 Å². The van der Waals surface area contributed by atoms with E-state index in [-0.39, 0.29) is 43.1 Å². The molecule has 10 nitrogen and oxygen atoms in total. The van der Waals surface area contributed by atoms with Gasteiger partial charge in [0.05, 0.1) is 24.7 Å². The van der Waals surface area contributed by atoms with Gasteiger partial charge in [-0.15, -0.1) is 0 Å². The Bertz CT molecular complexity index is 698. The van der Waals surface area contributed by atoms with Crippen molar-refractivity contribution in [3.8, 4) is 11.5 Å². The molecule has 0 aromatic heterocycles. The maximum Gasteiger partial charge on any atom is 0.264 e. The van der Waals surface area contributed by atoms with Gasteiger partial charge in [-0.1, -0.05) is 0 Å². The van der Waals surface area contributed by atoms with Gasteiger partial charge in [0.25, 0.3) is 20.2 Å². The normalized spacial score (nSPS) is 11.2. The average molecular weight is 414 g/mol. The van der Waals surface area contributed by atoms with Crippen LogP contribution >= 0.6 is 0 Å². The first-order valence-electron chi connectivity index (χ1n) is 7.30. The van der Waals surface area contributed by atoms with E-state index in [1.165, 1.54) is 18.2 Å². The third-order valence-electron chi connectivity index (χ3n) is 2.67. The molecule has 0 saturated heterocycles. The van der Waals surface area contributed by atoms with Crippen LogP contribution in [-0.4, -0.2) is 69.2 Å². The van der Waals surface area contributed by atoms with Gasteiger partial charge in [-0.2, -0.15) is 16.8 Å². The van der Waals surface area contributed by atoms with E-state index in [2.05, 4.69) is 0 Å². The molecule has 26 heavy (non-hydrogen) atoms. The number of hydrogen-bond acceptors (Lipinski definition) is 8. The van der Waals surface area contributed by atoms with Crippen molar-refractivity contribution in [3.05, 3.63) is 23.8 Å². The number of hydrogen-bond donors (Lipinski definition) is 3. The summed E-state index contributed by atoms with van der Waals surface area (Å²) < 4.78 is 70.2. The molecule has 0 radical (unpaired) electrons. The molecule has 1 aromatic carbocycles. The second kappa shape index (κ2) is 11.8. The van der Waals surface area contributed by atoms with Crippen LogP contribution in [0.4, 0.5) is 0 Å². The van der Waals surface area contributed by atoms with Crippen LogP contribution in [0.3, 0.4) is 0 Å². The van der Waals surface area contributed by atoms with Gasteiger partial charge in [0.2, 0.25) is 0 Å². The van der Waals surface area contributed by atoms with Crippen molar-refractivity contribution in [2.45, 2.75) is 12.8 Å². The lowest BCUT2D eigenvalue weighted by atomic mass is 10.2. The molecule has 0 aliphatic rings. The van der Waals surface area contributed by atoms with Crippen molar-refractivity contribution < 1.29 is 45.3 Å². The van der Waals surface area contributed by atoms with Gasteiger partial charge in [-0.3, -0.25) is 13.9 Å². The fourth-order valence-electron chi connectivity index (χ4n) is 1.69. The third-order valence-corrected chi connectivity index (χ3v) is 4.28. The van der Waals surface area contributed by atoms with Crippen molar-refractivity contribution in [1.82, 2.24) is 0 Å². The van der Waals surface area contributed by atoms with Crippen molar-refractivity contribution >= 4 is 26.5 Å². The standard InChI is InChI=1S/C13H18O9S2.CH4O/c14-10-11-7-12(21-3-1-5-23(15,16)17)9-13(8-11)22-4-2-6-24(18,19)20;1-2/h7-10H,1-6H2,(H,15,16,17)(H,18,19,20);2H,1H3. The highest BCUT2D eigenvalue weighted by atomic mass is 32.2. The maximum absolute atomic E-state index is 10.9. The minimum atomic E-state index is -4.06. The monoisotopic (exact) mass is 414 g/mol. The lowest BCUT2D eigenvalue weighted by Crippen LogP contribution is -2.09. The molecule has 12 heteroatoms. The molecule has 0 unspecified atom stereocenters. The number of carbonyl (C=O) groups is 1. The van der Waals surface area contributed by atoms with Crippen LogP contribution in [0.25, 0.3) is 0 Å². The number of aliphatic hydroxyl groups excluding tert-OH is 1. The van der Waals surface area contributed by atoms with Crippen LogP contribution in [0.1, 0.15) is 23.2 Å². The summed E-state index contributed by atoms with van der Waals surface area (Å²) in [6, 6.07) is 4.30. The molecule has 0 aliphatic heterocycles. The van der Waals surface area contributed by atoms with E-state index in [0.29, 0.717) is 6.29 Å².